The number of hydrogen-bond acceptors (Lipinski definition) is 7. The van der Waals surface area contributed by atoms with Gasteiger partial charge in [0, 0.05) is 0 Å². The van der Waals surface area contributed by atoms with Gasteiger partial charge in [0.2, 0.25) is 29.0 Å². The summed E-state index contributed by atoms with van der Waals surface area (Å²) in [6, 6.07) is -1.36. The number of nitrogens with zero attached hydrogens (tertiary/aromatic N) is 3. The average molecular weight is 288 g/mol. The molecule has 0 saturated carbocycles. The van der Waals surface area contributed by atoms with E-state index in [-0.39, 0.29) is 17.2 Å². The van der Waals surface area contributed by atoms with Crippen molar-refractivity contribution in [3.8, 4) is 0 Å². The molecule has 104 valence electrons. The SMILES string of the molecule is C[C@H](Nc1nc(Cl)nc(N[C@H](C)C(N)=O)n1)C(N)=O. The van der Waals surface area contributed by atoms with Gasteiger partial charge in [0.1, 0.15) is 12.1 Å². The number of primary amides is 2. The minimum atomic E-state index is -0.681. The molecule has 1 rings (SSSR count). The van der Waals surface area contributed by atoms with Crippen LogP contribution in [0.1, 0.15) is 13.8 Å². The number of nitrogens with one attached hydrogen (secondary N) is 2. The molecule has 0 aliphatic carbocycles. The second-order valence-corrected chi connectivity index (χ2v) is 4.13. The van der Waals surface area contributed by atoms with Crippen LogP contribution >= 0.6 is 11.6 Å². The summed E-state index contributed by atoms with van der Waals surface area (Å²) in [6.45, 7) is 3.08. The van der Waals surface area contributed by atoms with Crippen molar-refractivity contribution in [2.45, 2.75) is 25.9 Å². The lowest BCUT2D eigenvalue weighted by Crippen LogP contribution is -2.34. The number of rotatable bonds is 6. The van der Waals surface area contributed by atoms with E-state index in [0.717, 1.165) is 0 Å². The molecule has 0 saturated heterocycles. The molecule has 6 N–H and O–H groups in total. The first kappa shape index (κ1) is 14.9. The van der Waals surface area contributed by atoms with Gasteiger partial charge in [-0.3, -0.25) is 9.59 Å². The van der Waals surface area contributed by atoms with Crippen LogP contribution < -0.4 is 22.1 Å². The molecule has 2 atom stereocenters. The third kappa shape index (κ3) is 4.54. The Labute approximate surface area is 114 Å². The third-order valence-corrected chi connectivity index (χ3v) is 2.32. The predicted octanol–water partition coefficient (Wildman–Crippen LogP) is -0.904. The lowest BCUT2D eigenvalue weighted by molar-refractivity contribution is -0.119. The highest BCUT2D eigenvalue weighted by Crippen LogP contribution is 2.11. The third-order valence-electron chi connectivity index (χ3n) is 2.15. The summed E-state index contributed by atoms with van der Waals surface area (Å²) in [5.74, 6) is -1.02. The Morgan fingerprint density at radius 3 is 1.68 bits per heavy atom. The van der Waals surface area contributed by atoms with Crippen LogP contribution in [-0.4, -0.2) is 38.8 Å². The fourth-order valence-corrected chi connectivity index (χ4v) is 1.17. The van der Waals surface area contributed by atoms with Crippen molar-refractivity contribution in [2.24, 2.45) is 11.5 Å². The van der Waals surface area contributed by atoms with Gasteiger partial charge in [-0.25, -0.2) is 0 Å². The van der Waals surface area contributed by atoms with E-state index in [1.165, 1.54) is 0 Å². The molecular formula is C9H14ClN7O2. The molecule has 0 aromatic carbocycles. The standard InChI is InChI=1S/C9H14ClN7O2/c1-3(5(11)18)13-8-15-7(10)16-9(17-8)14-4(2)6(12)19/h3-4H,1-2H3,(H2,11,18)(H2,12,19)(H2,13,14,15,16,17)/t3-,4+. The zero-order valence-corrected chi connectivity index (χ0v) is 11.1. The van der Waals surface area contributed by atoms with Gasteiger partial charge in [0.25, 0.3) is 0 Å². The first-order valence-electron chi connectivity index (χ1n) is 5.33. The van der Waals surface area contributed by atoms with E-state index in [1.807, 2.05) is 0 Å². The van der Waals surface area contributed by atoms with Gasteiger partial charge in [-0.2, -0.15) is 15.0 Å². The molecule has 0 radical (unpaired) electrons. The first-order chi connectivity index (χ1) is 8.79. The molecule has 1 aromatic heterocycles. The molecule has 0 aliphatic heterocycles. The number of anilines is 2. The highest BCUT2D eigenvalue weighted by molar-refractivity contribution is 6.28. The van der Waals surface area contributed by atoms with Gasteiger partial charge in [-0.15, -0.1) is 0 Å². The van der Waals surface area contributed by atoms with Crippen molar-refractivity contribution in [2.75, 3.05) is 10.6 Å². The summed E-state index contributed by atoms with van der Waals surface area (Å²) in [6.07, 6.45) is 0. The van der Waals surface area contributed by atoms with Crippen LogP contribution in [0.15, 0.2) is 0 Å². The molecule has 2 amide bonds. The Balaban J connectivity index is 2.88. The van der Waals surface area contributed by atoms with Gasteiger partial charge >= 0.3 is 0 Å². The Kier molecular flexibility index (Phi) is 4.81. The van der Waals surface area contributed by atoms with E-state index in [4.69, 9.17) is 23.1 Å². The van der Waals surface area contributed by atoms with E-state index in [2.05, 4.69) is 25.6 Å². The van der Waals surface area contributed by atoms with Crippen LogP contribution in [0.5, 0.6) is 0 Å². The maximum atomic E-state index is 10.9. The van der Waals surface area contributed by atoms with Crippen molar-refractivity contribution in [1.29, 1.82) is 0 Å². The summed E-state index contributed by atoms with van der Waals surface area (Å²) in [5.41, 5.74) is 10.2. The van der Waals surface area contributed by atoms with E-state index in [9.17, 15) is 9.59 Å². The lowest BCUT2D eigenvalue weighted by Gasteiger charge is -2.13. The number of halogens is 1. The van der Waals surface area contributed by atoms with Crippen molar-refractivity contribution >= 4 is 35.3 Å². The zero-order chi connectivity index (χ0) is 14.6. The minimum Gasteiger partial charge on any atom is -0.368 e. The van der Waals surface area contributed by atoms with Gasteiger partial charge in [0.15, 0.2) is 0 Å². The molecule has 19 heavy (non-hydrogen) atoms. The second kappa shape index (κ2) is 6.14. The number of hydrogen-bond donors (Lipinski definition) is 4. The highest BCUT2D eigenvalue weighted by atomic mass is 35.5. The molecule has 0 aliphatic rings. The maximum Gasteiger partial charge on any atom is 0.239 e. The van der Waals surface area contributed by atoms with Crippen LogP contribution in [0.4, 0.5) is 11.9 Å². The number of carbonyl (C=O) groups is 2. The highest BCUT2D eigenvalue weighted by Gasteiger charge is 2.14. The number of amides is 2. The molecule has 0 bridgehead atoms. The van der Waals surface area contributed by atoms with Crippen LogP contribution in [0.2, 0.25) is 5.28 Å². The lowest BCUT2D eigenvalue weighted by atomic mass is 10.3. The van der Waals surface area contributed by atoms with Gasteiger partial charge in [0.05, 0.1) is 0 Å². The Morgan fingerprint density at radius 1 is 1.00 bits per heavy atom. The summed E-state index contributed by atoms with van der Waals surface area (Å²) >= 11 is 5.70. The zero-order valence-electron chi connectivity index (χ0n) is 10.3. The molecular weight excluding hydrogens is 274 g/mol. The van der Waals surface area contributed by atoms with Crippen molar-refractivity contribution < 1.29 is 9.59 Å². The van der Waals surface area contributed by atoms with Crippen molar-refractivity contribution in [3.05, 3.63) is 5.28 Å². The topological polar surface area (TPSA) is 149 Å². The normalized spacial score (nSPS) is 13.4. The quantitative estimate of drug-likeness (QED) is 0.529. The smallest absolute Gasteiger partial charge is 0.239 e. The fourth-order valence-electron chi connectivity index (χ4n) is 1.01. The number of carbonyl (C=O) groups excluding carboxylic acids is 2. The van der Waals surface area contributed by atoms with Crippen LogP contribution in [0.3, 0.4) is 0 Å². The van der Waals surface area contributed by atoms with Gasteiger partial charge < -0.3 is 22.1 Å². The molecule has 9 nitrogen and oxygen atoms in total. The first-order valence-corrected chi connectivity index (χ1v) is 5.70. The molecule has 0 unspecified atom stereocenters. The number of aromatic nitrogens is 3. The summed E-state index contributed by atoms with van der Waals surface area (Å²) in [4.78, 5) is 33.3. The van der Waals surface area contributed by atoms with Gasteiger partial charge in [-0.05, 0) is 25.4 Å². The fraction of sp³-hybridized carbons (Fsp3) is 0.444. The molecule has 0 spiro atoms. The van der Waals surface area contributed by atoms with Crippen molar-refractivity contribution in [1.82, 2.24) is 15.0 Å². The monoisotopic (exact) mass is 287 g/mol. The minimum absolute atomic E-state index is 0.0606. The van der Waals surface area contributed by atoms with Crippen molar-refractivity contribution in [3.63, 3.8) is 0 Å². The second-order valence-electron chi connectivity index (χ2n) is 3.79. The Bertz CT molecular complexity index is 455. The van der Waals surface area contributed by atoms with Crippen LogP contribution in [0.25, 0.3) is 0 Å². The van der Waals surface area contributed by atoms with E-state index in [0.29, 0.717) is 0 Å². The predicted molar refractivity (Wildman–Crippen MR) is 69.4 cm³/mol. The summed E-state index contributed by atoms with van der Waals surface area (Å²) in [7, 11) is 0. The Hall–Kier alpha value is -2.16. The van der Waals surface area contributed by atoms with Gasteiger partial charge in [-0.1, -0.05) is 0 Å². The molecule has 0 fully saturated rings. The summed E-state index contributed by atoms with van der Waals surface area (Å²) < 4.78 is 0. The van der Waals surface area contributed by atoms with E-state index >= 15 is 0 Å². The molecule has 1 aromatic rings. The largest absolute Gasteiger partial charge is 0.368 e. The average Bonchev–Trinajstić information content (AvgIpc) is 2.27. The van der Waals surface area contributed by atoms with Crippen LogP contribution in [-0.2, 0) is 9.59 Å². The summed E-state index contributed by atoms with van der Waals surface area (Å²) in [5, 5.41) is 5.19. The van der Waals surface area contributed by atoms with E-state index in [1.54, 1.807) is 13.8 Å². The maximum absolute atomic E-state index is 10.9. The molecule has 10 heteroatoms. The van der Waals surface area contributed by atoms with Crippen LogP contribution in [0, 0.1) is 0 Å². The Morgan fingerprint density at radius 2 is 1.37 bits per heavy atom. The molecule has 1 heterocycles. The number of nitrogens with two attached hydrogens (primary N) is 2. The van der Waals surface area contributed by atoms with E-state index < -0.39 is 23.9 Å².